The molecule has 0 aliphatic heterocycles. The summed E-state index contributed by atoms with van der Waals surface area (Å²) in [5, 5.41) is 10.2. The van der Waals surface area contributed by atoms with Crippen LogP contribution in [0.3, 0.4) is 0 Å². The van der Waals surface area contributed by atoms with E-state index in [0.29, 0.717) is 29.0 Å². The van der Waals surface area contributed by atoms with Crippen molar-refractivity contribution in [2.24, 2.45) is 5.73 Å². The van der Waals surface area contributed by atoms with Gasteiger partial charge in [0.2, 0.25) is 0 Å². The van der Waals surface area contributed by atoms with Crippen molar-refractivity contribution >= 4 is 22.9 Å². The molecular formula is C24H21N5O2. The third kappa shape index (κ3) is 3.55. The first-order valence-corrected chi connectivity index (χ1v) is 9.67. The average molecular weight is 411 g/mol. The van der Waals surface area contributed by atoms with Crippen molar-refractivity contribution in [2.45, 2.75) is 20.3 Å². The molecule has 0 bridgehead atoms. The predicted molar refractivity (Wildman–Crippen MR) is 120 cm³/mol. The van der Waals surface area contributed by atoms with Crippen LogP contribution in [0, 0.1) is 25.7 Å². The molecular weight excluding hydrogens is 390 g/mol. The third-order valence-corrected chi connectivity index (χ3v) is 5.12. The highest BCUT2D eigenvalue weighted by Crippen LogP contribution is 2.34. The molecule has 5 N–H and O–H groups in total. The zero-order valence-corrected chi connectivity index (χ0v) is 17.2. The predicted octanol–water partition coefficient (Wildman–Crippen LogP) is 3.02. The fourth-order valence-electron chi connectivity index (χ4n) is 3.59. The van der Waals surface area contributed by atoms with Crippen LogP contribution in [-0.4, -0.2) is 25.5 Å². The lowest BCUT2D eigenvalue weighted by Gasteiger charge is -2.15. The number of nitrogens with zero attached hydrogens (tertiary/aromatic N) is 3. The Bertz CT molecular complexity index is 1380. The molecule has 0 fully saturated rings. The number of aryl methyl sites for hydroxylation is 1. The topological polar surface area (TPSA) is 120 Å². The molecule has 2 aromatic heterocycles. The molecule has 0 aliphatic rings. The van der Waals surface area contributed by atoms with Crippen LogP contribution in [0.2, 0.25) is 0 Å². The number of carbonyl (C=O) groups excluding carboxylic acids is 1. The van der Waals surface area contributed by atoms with Gasteiger partial charge < -0.3 is 16.6 Å². The van der Waals surface area contributed by atoms with E-state index in [2.05, 4.69) is 21.8 Å². The number of phenolic OH excluding ortho intramolecular Hbond substituents is 1. The Morgan fingerprint density at radius 3 is 2.61 bits per heavy atom. The van der Waals surface area contributed by atoms with Crippen LogP contribution in [-0.2, 0) is 6.42 Å². The van der Waals surface area contributed by atoms with E-state index >= 15 is 0 Å². The van der Waals surface area contributed by atoms with Gasteiger partial charge in [-0.3, -0.25) is 9.36 Å². The Labute approximate surface area is 179 Å². The Balaban J connectivity index is 1.87. The number of hydrogen-bond donors (Lipinski definition) is 3. The van der Waals surface area contributed by atoms with Gasteiger partial charge in [-0.2, -0.15) is 0 Å². The van der Waals surface area contributed by atoms with Gasteiger partial charge in [0, 0.05) is 12.0 Å². The van der Waals surface area contributed by atoms with E-state index in [1.807, 2.05) is 37.3 Å². The minimum absolute atomic E-state index is 0.0800. The number of nitrogens with two attached hydrogens (primary N) is 2. The van der Waals surface area contributed by atoms with Crippen LogP contribution in [0.5, 0.6) is 5.75 Å². The second-order valence-corrected chi connectivity index (χ2v) is 7.23. The summed E-state index contributed by atoms with van der Waals surface area (Å²) >= 11 is 0. The Morgan fingerprint density at radius 1 is 1.16 bits per heavy atom. The molecule has 0 aliphatic carbocycles. The van der Waals surface area contributed by atoms with E-state index in [-0.39, 0.29) is 22.6 Å². The SMILES string of the molecule is Cc1ccc(O)c(C)c1-n1c(N)c(C(N)=O)c2nc(C#CCc3ccccc3)cnc21. The summed E-state index contributed by atoms with van der Waals surface area (Å²) in [7, 11) is 0. The molecule has 31 heavy (non-hydrogen) atoms. The number of phenols is 1. The number of benzene rings is 2. The van der Waals surface area contributed by atoms with Crippen LogP contribution in [0.1, 0.15) is 32.7 Å². The minimum atomic E-state index is -0.708. The van der Waals surface area contributed by atoms with Gasteiger partial charge in [0.15, 0.2) is 5.65 Å². The lowest BCUT2D eigenvalue weighted by Crippen LogP contribution is -2.14. The lowest BCUT2D eigenvalue weighted by molar-refractivity contribution is 0.100. The van der Waals surface area contributed by atoms with Gasteiger partial charge in [-0.25, -0.2) is 9.97 Å². The summed E-state index contributed by atoms with van der Waals surface area (Å²) < 4.78 is 1.61. The number of fused-ring (bicyclic) bond motifs is 1. The second-order valence-electron chi connectivity index (χ2n) is 7.23. The van der Waals surface area contributed by atoms with E-state index in [1.54, 1.807) is 23.6 Å². The highest BCUT2D eigenvalue weighted by molar-refractivity contribution is 6.09. The van der Waals surface area contributed by atoms with Crippen LogP contribution in [0.4, 0.5) is 5.82 Å². The van der Waals surface area contributed by atoms with Crippen LogP contribution >= 0.6 is 0 Å². The normalized spacial score (nSPS) is 10.6. The maximum Gasteiger partial charge on any atom is 0.254 e. The monoisotopic (exact) mass is 411 g/mol. The van der Waals surface area contributed by atoms with Gasteiger partial charge in [-0.05, 0) is 37.0 Å². The first-order chi connectivity index (χ1) is 14.9. The van der Waals surface area contributed by atoms with E-state index in [9.17, 15) is 9.90 Å². The first kappa shape index (κ1) is 20.0. The summed E-state index contributed by atoms with van der Waals surface area (Å²) in [6.45, 7) is 3.65. The highest BCUT2D eigenvalue weighted by atomic mass is 16.3. The molecule has 7 heteroatoms. The molecule has 1 amide bonds. The summed E-state index contributed by atoms with van der Waals surface area (Å²) in [6.07, 6.45) is 2.10. The number of aromatic hydroxyl groups is 1. The molecule has 0 spiro atoms. The minimum Gasteiger partial charge on any atom is -0.508 e. The summed E-state index contributed by atoms with van der Waals surface area (Å²) in [4.78, 5) is 21.2. The van der Waals surface area contributed by atoms with Crippen molar-refractivity contribution in [2.75, 3.05) is 5.73 Å². The first-order valence-electron chi connectivity index (χ1n) is 9.67. The number of amides is 1. The van der Waals surface area contributed by atoms with Crippen molar-refractivity contribution in [3.8, 4) is 23.3 Å². The van der Waals surface area contributed by atoms with Crippen molar-refractivity contribution in [1.82, 2.24) is 14.5 Å². The van der Waals surface area contributed by atoms with Crippen LogP contribution in [0.15, 0.2) is 48.7 Å². The average Bonchev–Trinajstić information content (AvgIpc) is 3.03. The molecule has 7 nitrogen and oxygen atoms in total. The molecule has 0 radical (unpaired) electrons. The van der Waals surface area contributed by atoms with Crippen molar-refractivity contribution in [1.29, 1.82) is 0 Å². The second kappa shape index (κ2) is 7.84. The largest absolute Gasteiger partial charge is 0.508 e. The summed E-state index contributed by atoms with van der Waals surface area (Å²) in [5.74, 6) is 5.58. The van der Waals surface area contributed by atoms with Gasteiger partial charge >= 0.3 is 0 Å². The zero-order valence-electron chi connectivity index (χ0n) is 17.2. The number of nitrogen functional groups attached to an aromatic ring is 1. The fraction of sp³-hybridized carbons (Fsp3) is 0.125. The molecule has 0 saturated carbocycles. The summed E-state index contributed by atoms with van der Waals surface area (Å²) in [6, 6.07) is 13.2. The third-order valence-electron chi connectivity index (χ3n) is 5.12. The van der Waals surface area contributed by atoms with Crippen molar-refractivity contribution in [3.05, 3.63) is 76.6 Å². The van der Waals surface area contributed by atoms with Gasteiger partial charge in [0.25, 0.3) is 5.91 Å². The molecule has 154 valence electrons. The number of aromatic nitrogens is 3. The number of anilines is 1. The number of carbonyl (C=O) groups is 1. The molecule has 4 aromatic rings. The lowest BCUT2D eigenvalue weighted by atomic mass is 10.1. The van der Waals surface area contributed by atoms with E-state index < -0.39 is 5.91 Å². The van der Waals surface area contributed by atoms with Gasteiger partial charge in [0.1, 0.15) is 28.3 Å². The van der Waals surface area contributed by atoms with E-state index in [1.165, 1.54) is 6.20 Å². The maximum absolute atomic E-state index is 12.2. The molecule has 2 heterocycles. The summed E-state index contributed by atoms with van der Waals surface area (Å²) in [5.41, 5.74) is 16.3. The molecule has 2 aromatic carbocycles. The Morgan fingerprint density at radius 2 is 1.90 bits per heavy atom. The zero-order chi connectivity index (χ0) is 22.1. The van der Waals surface area contributed by atoms with Crippen LogP contribution in [0.25, 0.3) is 16.9 Å². The fourth-order valence-corrected chi connectivity index (χ4v) is 3.59. The smallest absolute Gasteiger partial charge is 0.254 e. The van der Waals surface area contributed by atoms with Gasteiger partial charge in [0.05, 0.1) is 11.9 Å². The maximum atomic E-state index is 12.2. The number of hydrogen-bond acceptors (Lipinski definition) is 5. The van der Waals surface area contributed by atoms with Crippen molar-refractivity contribution < 1.29 is 9.90 Å². The van der Waals surface area contributed by atoms with Crippen LogP contribution < -0.4 is 11.5 Å². The van der Waals surface area contributed by atoms with Gasteiger partial charge in [-0.1, -0.05) is 42.3 Å². The van der Waals surface area contributed by atoms with Crippen molar-refractivity contribution in [3.63, 3.8) is 0 Å². The molecule has 0 atom stereocenters. The molecule has 0 saturated heterocycles. The Kier molecular flexibility index (Phi) is 5.05. The van der Waals surface area contributed by atoms with Gasteiger partial charge in [-0.15, -0.1) is 0 Å². The number of primary amides is 1. The molecule has 0 unspecified atom stereocenters. The standard InChI is InChI=1S/C24H21N5O2/c1-14-11-12-18(30)15(2)21(14)29-22(25)19(23(26)31)20-24(29)27-13-17(28-20)10-6-9-16-7-4-3-5-8-16/h3-5,7-8,11-13,30H,9,25H2,1-2H3,(H2,26,31). The highest BCUT2D eigenvalue weighted by Gasteiger charge is 2.24. The van der Waals surface area contributed by atoms with E-state index in [4.69, 9.17) is 11.5 Å². The Hall–Kier alpha value is -4.31. The number of rotatable bonds is 3. The molecule has 4 rings (SSSR count). The quantitative estimate of drug-likeness (QED) is 0.448. The van der Waals surface area contributed by atoms with E-state index in [0.717, 1.165) is 11.1 Å².